The van der Waals surface area contributed by atoms with E-state index in [-0.39, 0.29) is 4.99 Å². The standard InChI is InChI=1S/C9H8BrNO2S.C9H6BrNO2.P2S5/c1-13-9(12)6-4-5(8(11)14)2-3-7(6)10;1-13-9(12)7-4-6(5-11)2-3-8(7)10;3-1-2-5-7-6-4/h2-4H,1H3,(H2,11,14);2-4H,1H3;. The van der Waals surface area contributed by atoms with Crippen molar-refractivity contribution in [3.63, 3.8) is 0 Å². The summed E-state index contributed by atoms with van der Waals surface area (Å²) < 4.78 is 10.4. The fraction of sp³-hybridized carbons (Fsp3) is 0.111. The average molecular weight is 736 g/mol. The lowest BCUT2D eigenvalue weighted by Crippen LogP contribution is -2.11. The van der Waals surface area contributed by atoms with Crippen molar-refractivity contribution in [2.24, 2.45) is 5.73 Å². The Kier molecular flexibility index (Phi) is 19.3. The van der Waals surface area contributed by atoms with Crippen LogP contribution in [0, 0.1) is 11.3 Å². The third kappa shape index (κ3) is 12.9. The topological polar surface area (TPSA) is 102 Å². The first-order valence-electron chi connectivity index (χ1n) is 8.27. The highest BCUT2D eigenvalue weighted by Gasteiger charge is 2.12. The number of carbonyl (C=O) groups is 2. The van der Waals surface area contributed by atoms with E-state index in [9.17, 15) is 9.59 Å². The minimum atomic E-state index is -0.455. The van der Waals surface area contributed by atoms with Gasteiger partial charge < -0.3 is 15.2 Å². The van der Waals surface area contributed by atoms with Crippen molar-refractivity contribution in [3.8, 4) is 6.07 Å². The number of thiocarbonyl (C=S) groups is 1. The fourth-order valence-corrected chi connectivity index (χ4v) is 12.4. The Balaban J connectivity index is 0.000000509. The number of methoxy groups -OCH3 is 2. The summed E-state index contributed by atoms with van der Waals surface area (Å²) in [5, 5.41) is 8.59. The van der Waals surface area contributed by atoms with E-state index in [1.807, 2.05) is 6.07 Å². The Hall–Kier alpha value is -0.580. The molecule has 0 heterocycles. The second-order valence-corrected chi connectivity index (χ2v) is 17.1. The molecule has 0 aromatic heterocycles. The van der Waals surface area contributed by atoms with Gasteiger partial charge in [-0.05, 0) is 112 Å². The van der Waals surface area contributed by atoms with Crippen molar-refractivity contribution in [2.45, 2.75) is 0 Å². The predicted octanol–water partition coefficient (Wildman–Crippen LogP) is 5.69. The highest BCUT2D eigenvalue weighted by atomic mass is 79.9. The van der Waals surface area contributed by atoms with Crippen molar-refractivity contribution in [1.29, 1.82) is 5.26 Å². The van der Waals surface area contributed by atoms with E-state index in [0.29, 0.717) is 31.2 Å². The summed E-state index contributed by atoms with van der Waals surface area (Å²) >= 11 is 20.5. The number of hydrogen-bond acceptors (Lipinski definition) is 8. The van der Waals surface area contributed by atoms with E-state index in [2.05, 4.69) is 64.3 Å². The summed E-state index contributed by atoms with van der Waals surface area (Å²) in [6, 6.07) is 11.7. The molecular formula is C18H14Br2N2O4P2S6. The van der Waals surface area contributed by atoms with Crippen molar-refractivity contribution < 1.29 is 19.1 Å². The molecule has 2 aromatic carbocycles. The van der Waals surface area contributed by atoms with Crippen LogP contribution in [0.1, 0.15) is 31.8 Å². The molecule has 0 bridgehead atoms. The number of nitrogens with zero attached hydrogens (tertiary/aromatic N) is 1. The van der Waals surface area contributed by atoms with E-state index in [4.69, 9.17) is 23.2 Å². The minimum absolute atomic E-state index is 0.252. The van der Waals surface area contributed by atoms with Crippen LogP contribution in [-0.4, -0.2) is 31.1 Å². The van der Waals surface area contributed by atoms with Crippen LogP contribution in [0.3, 0.4) is 0 Å². The second-order valence-electron chi connectivity index (χ2n) is 5.22. The van der Waals surface area contributed by atoms with Crippen LogP contribution in [-0.2, 0) is 59.7 Å². The minimum Gasteiger partial charge on any atom is -0.465 e. The molecule has 2 aromatic rings. The first kappa shape index (κ1) is 33.4. The largest absolute Gasteiger partial charge is 0.465 e. The van der Waals surface area contributed by atoms with Gasteiger partial charge in [0.05, 0.1) is 37.0 Å². The van der Waals surface area contributed by atoms with Crippen molar-refractivity contribution in [3.05, 3.63) is 67.6 Å². The van der Waals surface area contributed by atoms with Gasteiger partial charge in [-0.2, -0.15) is 5.26 Å². The SMILES string of the molecule is COC(=O)c1cc(C#N)ccc1Br.COC(=O)c1cc(C(N)=S)ccc1Br.S=PP=S=S=S=S. The van der Waals surface area contributed by atoms with Crippen LogP contribution in [0.25, 0.3) is 0 Å². The van der Waals surface area contributed by atoms with E-state index in [0.717, 1.165) is 7.04 Å². The molecule has 0 amide bonds. The molecular weight excluding hydrogens is 722 g/mol. The highest BCUT2D eigenvalue weighted by Crippen LogP contribution is 2.20. The summed E-state index contributed by atoms with van der Waals surface area (Å²) in [7, 11) is 9.45. The van der Waals surface area contributed by atoms with E-state index < -0.39 is 11.9 Å². The number of nitrogens with two attached hydrogens (primary N) is 1. The number of ether oxygens (including phenoxy) is 2. The zero-order valence-electron chi connectivity index (χ0n) is 17.2. The van der Waals surface area contributed by atoms with E-state index in [1.54, 1.807) is 48.7 Å². The van der Waals surface area contributed by atoms with Gasteiger partial charge in [0.1, 0.15) is 4.99 Å². The van der Waals surface area contributed by atoms with Crippen LogP contribution in [0.4, 0.5) is 0 Å². The normalized spacial score (nSPS) is 9.15. The van der Waals surface area contributed by atoms with Gasteiger partial charge in [-0.25, -0.2) is 9.59 Å². The summed E-state index contributed by atoms with van der Waals surface area (Å²) in [6.07, 6.45) is 0. The van der Waals surface area contributed by atoms with Crippen LogP contribution in [0.5, 0.6) is 0 Å². The molecule has 0 atom stereocenters. The summed E-state index contributed by atoms with van der Waals surface area (Å²) in [5.74, 6) is -0.876. The number of halogens is 2. The maximum atomic E-state index is 11.3. The van der Waals surface area contributed by atoms with E-state index >= 15 is 0 Å². The number of esters is 2. The van der Waals surface area contributed by atoms with Crippen LogP contribution in [0.15, 0.2) is 45.3 Å². The smallest absolute Gasteiger partial charge is 0.339 e. The van der Waals surface area contributed by atoms with Crippen molar-refractivity contribution in [2.75, 3.05) is 14.2 Å². The van der Waals surface area contributed by atoms with Gasteiger partial charge in [-0.15, -0.1) is 0 Å². The fourth-order valence-electron chi connectivity index (χ4n) is 1.85. The maximum Gasteiger partial charge on any atom is 0.339 e. The average Bonchev–Trinajstić information content (AvgIpc) is 2.84. The van der Waals surface area contributed by atoms with Gasteiger partial charge in [0, 0.05) is 28.6 Å². The van der Waals surface area contributed by atoms with E-state index in [1.165, 1.54) is 36.2 Å². The predicted molar refractivity (Wildman–Crippen MR) is 162 cm³/mol. The molecule has 16 heteroatoms. The Morgan fingerprint density at radius 1 is 1.06 bits per heavy atom. The van der Waals surface area contributed by atoms with Gasteiger partial charge in [-0.1, -0.05) is 18.3 Å². The number of carbonyl (C=O) groups excluding carboxylic acids is 2. The molecule has 0 unspecified atom stereocenters. The first-order chi connectivity index (χ1) is 16.2. The lowest BCUT2D eigenvalue weighted by molar-refractivity contribution is 0.0590. The molecule has 0 fully saturated rings. The molecule has 34 heavy (non-hydrogen) atoms. The third-order valence-electron chi connectivity index (χ3n) is 3.28. The number of nitriles is 1. The molecule has 2 rings (SSSR count). The summed E-state index contributed by atoms with van der Waals surface area (Å²) in [6.45, 7) is 0. The van der Waals surface area contributed by atoms with Crippen molar-refractivity contribution >= 4 is 125 Å². The number of hydrogen-bond donors (Lipinski definition) is 1. The van der Waals surface area contributed by atoms with Crippen LogP contribution >= 0.6 is 58.2 Å². The molecule has 2 N–H and O–H groups in total. The summed E-state index contributed by atoms with van der Waals surface area (Å²) in [4.78, 5) is 22.7. The second kappa shape index (κ2) is 19.6. The molecule has 180 valence electrons. The zero-order valence-corrected chi connectivity index (χ0v) is 27.1. The monoisotopic (exact) mass is 734 g/mol. The number of benzene rings is 2. The quantitative estimate of drug-likeness (QED) is 0.241. The van der Waals surface area contributed by atoms with Crippen molar-refractivity contribution in [1.82, 2.24) is 0 Å². The highest BCUT2D eigenvalue weighted by molar-refractivity contribution is 9.10. The molecule has 0 aliphatic carbocycles. The molecule has 0 aliphatic rings. The third-order valence-corrected chi connectivity index (χ3v) is 14.9. The van der Waals surface area contributed by atoms with Gasteiger partial charge >= 0.3 is 11.9 Å². The number of rotatable bonds is 4. The first-order valence-corrected chi connectivity index (χ1v) is 18.8. The summed E-state index contributed by atoms with van der Waals surface area (Å²) in [5.41, 5.74) is 7.29. The Morgan fingerprint density at radius 2 is 1.59 bits per heavy atom. The van der Waals surface area contributed by atoms with Gasteiger partial charge in [-0.3, -0.25) is 0 Å². The van der Waals surface area contributed by atoms with Gasteiger partial charge in [0.15, 0.2) is 0 Å². The maximum absolute atomic E-state index is 11.3. The zero-order chi connectivity index (χ0) is 26.1. The molecule has 0 radical (unpaired) electrons. The molecule has 0 aliphatic heterocycles. The van der Waals surface area contributed by atoms with Crippen LogP contribution < -0.4 is 5.73 Å². The molecule has 0 saturated carbocycles. The Morgan fingerprint density at radius 3 is 2.03 bits per heavy atom. The molecule has 0 spiro atoms. The molecule has 6 nitrogen and oxygen atoms in total. The lowest BCUT2D eigenvalue weighted by Gasteiger charge is -2.04. The molecule has 0 saturated heterocycles. The van der Waals surface area contributed by atoms with Crippen LogP contribution in [0.2, 0.25) is 0 Å². The van der Waals surface area contributed by atoms with Gasteiger partial charge in [0.2, 0.25) is 0 Å². The van der Waals surface area contributed by atoms with Gasteiger partial charge in [0.25, 0.3) is 0 Å². The lowest BCUT2D eigenvalue weighted by atomic mass is 10.1. The Bertz CT molecular complexity index is 1260. The Labute approximate surface area is 241 Å².